The molecule has 0 saturated heterocycles. The van der Waals surface area contributed by atoms with Crippen molar-refractivity contribution in [2.24, 2.45) is 5.41 Å². The van der Waals surface area contributed by atoms with Crippen molar-refractivity contribution < 1.29 is 4.92 Å². The predicted molar refractivity (Wildman–Crippen MR) is 66.4 cm³/mol. The second-order valence-corrected chi connectivity index (χ2v) is 5.28. The number of nitrogens with zero attached hydrogens (tertiary/aromatic N) is 3. The molecular weight excluding hydrogens is 244 g/mol. The number of halogens is 1. The van der Waals surface area contributed by atoms with E-state index in [0.29, 0.717) is 6.54 Å². The third-order valence-corrected chi connectivity index (χ3v) is 2.17. The highest BCUT2D eigenvalue weighted by molar-refractivity contribution is 6.28. The van der Waals surface area contributed by atoms with Gasteiger partial charge < -0.3 is 5.32 Å². The van der Waals surface area contributed by atoms with Crippen LogP contribution in [0.1, 0.15) is 26.5 Å². The highest BCUT2D eigenvalue weighted by Gasteiger charge is 2.22. The summed E-state index contributed by atoms with van der Waals surface area (Å²) in [4.78, 5) is 18.0. The van der Waals surface area contributed by atoms with E-state index < -0.39 is 4.92 Å². The summed E-state index contributed by atoms with van der Waals surface area (Å²) in [5.74, 6) is 0.169. The van der Waals surface area contributed by atoms with Crippen molar-refractivity contribution in [3.8, 4) is 0 Å². The first kappa shape index (κ1) is 13.6. The number of hydrogen-bond acceptors (Lipinski definition) is 5. The van der Waals surface area contributed by atoms with E-state index in [1.807, 2.05) is 20.8 Å². The molecule has 1 heterocycles. The van der Waals surface area contributed by atoms with E-state index in [-0.39, 0.29) is 27.9 Å². The zero-order chi connectivity index (χ0) is 13.2. The van der Waals surface area contributed by atoms with Crippen LogP contribution in [0.3, 0.4) is 0 Å². The fourth-order valence-electron chi connectivity index (χ4n) is 1.22. The predicted octanol–water partition coefficient (Wildman–Crippen LogP) is 2.80. The molecule has 6 nitrogen and oxygen atoms in total. The Morgan fingerprint density at radius 3 is 2.47 bits per heavy atom. The SMILES string of the molecule is Cc1nc(Cl)nc(NCC(C)(C)C)c1[N+](=O)[O-]. The number of aryl methyl sites for hydroxylation is 1. The summed E-state index contributed by atoms with van der Waals surface area (Å²) in [5, 5.41) is 13.9. The monoisotopic (exact) mass is 258 g/mol. The standard InChI is InChI=1S/C10H15ClN4O2/c1-6-7(15(16)17)8(14-9(11)13-6)12-5-10(2,3)4/h5H2,1-4H3,(H,12,13,14). The maximum absolute atomic E-state index is 10.9. The van der Waals surface area contributed by atoms with Crippen LogP contribution in [0.2, 0.25) is 5.28 Å². The molecule has 0 saturated carbocycles. The molecule has 17 heavy (non-hydrogen) atoms. The lowest BCUT2D eigenvalue weighted by Crippen LogP contribution is -2.20. The van der Waals surface area contributed by atoms with Gasteiger partial charge in [-0.15, -0.1) is 0 Å². The van der Waals surface area contributed by atoms with Gasteiger partial charge in [-0.2, -0.15) is 4.98 Å². The molecular formula is C10H15ClN4O2. The Morgan fingerprint density at radius 1 is 1.41 bits per heavy atom. The van der Waals surface area contributed by atoms with Crippen LogP contribution in [-0.4, -0.2) is 21.4 Å². The van der Waals surface area contributed by atoms with Crippen LogP contribution >= 0.6 is 11.6 Å². The maximum atomic E-state index is 10.9. The van der Waals surface area contributed by atoms with E-state index in [0.717, 1.165) is 0 Å². The summed E-state index contributed by atoms with van der Waals surface area (Å²) >= 11 is 5.69. The average molecular weight is 259 g/mol. The maximum Gasteiger partial charge on any atom is 0.332 e. The fraction of sp³-hybridized carbons (Fsp3) is 0.600. The summed E-state index contributed by atoms with van der Waals surface area (Å²) in [7, 11) is 0. The van der Waals surface area contributed by atoms with E-state index in [2.05, 4.69) is 15.3 Å². The molecule has 1 N–H and O–H groups in total. The molecule has 1 rings (SSSR count). The summed E-state index contributed by atoms with van der Waals surface area (Å²) in [6.45, 7) is 8.14. The molecule has 0 bridgehead atoms. The summed E-state index contributed by atoms with van der Waals surface area (Å²) in [6.07, 6.45) is 0. The molecule has 0 atom stereocenters. The molecule has 0 radical (unpaired) electrons. The van der Waals surface area contributed by atoms with Gasteiger partial charge in [-0.25, -0.2) is 4.98 Å². The Morgan fingerprint density at radius 2 is 2.00 bits per heavy atom. The van der Waals surface area contributed by atoms with E-state index in [1.165, 1.54) is 6.92 Å². The minimum absolute atomic E-state index is 0.00418. The fourth-order valence-corrected chi connectivity index (χ4v) is 1.43. The number of nitrogens with one attached hydrogen (secondary N) is 1. The Labute approximate surface area is 105 Å². The van der Waals surface area contributed by atoms with Crippen LogP contribution in [-0.2, 0) is 0 Å². The topological polar surface area (TPSA) is 81.0 Å². The highest BCUT2D eigenvalue weighted by atomic mass is 35.5. The largest absolute Gasteiger partial charge is 0.364 e. The Bertz CT molecular complexity index is 443. The number of aromatic nitrogens is 2. The van der Waals surface area contributed by atoms with Crippen molar-refractivity contribution in [3.63, 3.8) is 0 Å². The van der Waals surface area contributed by atoms with Gasteiger partial charge in [0.25, 0.3) is 0 Å². The van der Waals surface area contributed by atoms with Crippen molar-refractivity contribution in [3.05, 3.63) is 21.1 Å². The lowest BCUT2D eigenvalue weighted by atomic mass is 9.97. The molecule has 94 valence electrons. The van der Waals surface area contributed by atoms with Gasteiger partial charge in [0.2, 0.25) is 11.1 Å². The molecule has 1 aromatic heterocycles. The van der Waals surface area contributed by atoms with Gasteiger partial charge in [0.15, 0.2) is 0 Å². The van der Waals surface area contributed by atoms with Crippen LogP contribution in [0.4, 0.5) is 11.5 Å². The second kappa shape index (κ2) is 4.83. The van der Waals surface area contributed by atoms with E-state index in [1.54, 1.807) is 0 Å². The minimum atomic E-state index is -0.503. The Kier molecular flexibility index (Phi) is 3.87. The quantitative estimate of drug-likeness (QED) is 0.512. The summed E-state index contributed by atoms with van der Waals surface area (Å²) in [6, 6.07) is 0. The average Bonchev–Trinajstić information content (AvgIpc) is 2.11. The van der Waals surface area contributed by atoms with Gasteiger partial charge in [-0.05, 0) is 23.9 Å². The molecule has 0 unspecified atom stereocenters. The first-order valence-electron chi connectivity index (χ1n) is 5.13. The van der Waals surface area contributed by atoms with Crippen LogP contribution in [0.15, 0.2) is 0 Å². The highest BCUT2D eigenvalue weighted by Crippen LogP contribution is 2.27. The normalized spacial score (nSPS) is 11.4. The number of anilines is 1. The Hall–Kier alpha value is -1.43. The van der Waals surface area contributed by atoms with E-state index >= 15 is 0 Å². The molecule has 0 aromatic carbocycles. The summed E-state index contributed by atoms with van der Waals surface area (Å²) < 4.78 is 0. The van der Waals surface area contributed by atoms with Gasteiger partial charge in [0.05, 0.1) is 4.92 Å². The van der Waals surface area contributed by atoms with Crippen molar-refractivity contribution in [1.82, 2.24) is 9.97 Å². The number of hydrogen-bond donors (Lipinski definition) is 1. The molecule has 1 aromatic rings. The first-order valence-corrected chi connectivity index (χ1v) is 5.51. The molecule has 0 aliphatic heterocycles. The molecule has 0 amide bonds. The zero-order valence-electron chi connectivity index (χ0n) is 10.2. The first-order chi connectivity index (χ1) is 7.70. The van der Waals surface area contributed by atoms with Gasteiger partial charge in [0, 0.05) is 6.54 Å². The van der Waals surface area contributed by atoms with Crippen LogP contribution in [0.5, 0.6) is 0 Å². The molecule has 0 aliphatic rings. The van der Waals surface area contributed by atoms with Gasteiger partial charge >= 0.3 is 5.69 Å². The van der Waals surface area contributed by atoms with E-state index in [9.17, 15) is 10.1 Å². The van der Waals surface area contributed by atoms with Crippen molar-refractivity contribution >= 4 is 23.1 Å². The Balaban J connectivity index is 3.09. The lowest BCUT2D eigenvalue weighted by Gasteiger charge is -2.19. The van der Waals surface area contributed by atoms with Gasteiger partial charge in [-0.3, -0.25) is 10.1 Å². The molecule has 0 spiro atoms. The summed E-state index contributed by atoms with van der Waals surface area (Å²) in [5.41, 5.74) is 0.115. The lowest BCUT2D eigenvalue weighted by molar-refractivity contribution is -0.385. The van der Waals surface area contributed by atoms with Crippen molar-refractivity contribution in [2.75, 3.05) is 11.9 Å². The molecule has 0 fully saturated rings. The minimum Gasteiger partial charge on any atom is -0.364 e. The molecule has 0 aliphatic carbocycles. The van der Waals surface area contributed by atoms with Crippen LogP contribution < -0.4 is 5.32 Å². The van der Waals surface area contributed by atoms with Crippen molar-refractivity contribution in [1.29, 1.82) is 0 Å². The van der Waals surface area contributed by atoms with Crippen LogP contribution in [0, 0.1) is 22.5 Å². The molecule has 7 heteroatoms. The third-order valence-electron chi connectivity index (χ3n) is 2.00. The van der Waals surface area contributed by atoms with Gasteiger partial charge in [0.1, 0.15) is 5.69 Å². The smallest absolute Gasteiger partial charge is 0.332 e. The number of rotatable bonds is 3. The van der Waals surface area contributed by atoms with E-state index in [4.69, 9.17) is 11.6 Å². The second-order valence-electron chi connectivity index (χ2n) is 4.95. The van der Waals surface area contributed by atoms with Gasteiger partial charge in [-0.1, -0.05) is 20.8 Å². The number of nitro groups is 1. The zero-order valence-corrected chi connectivity index (χ0v) is 11.0. The van der Waals surface area contributed by atoms with Crippen molar-refractivity contribution in [2.45, 2.75) is 27.7 Å². The third kappa shape index (κ3) is 3.81. The van der Waals surface area contributed by atoms with Crippen LogP contribution in [0.25, 0.3) is 0 Å².